The summed E-state index contributed by atoms with van der Waals surface area (Å²) in [7, 11) is 1.59. The number of rotatable bonds is 1. The number of hydrogen-bond donors (Lipinski definition) is 1. The van der Waals surface area contributed by atoms with Gasteiger partial charge in [-0.25, -0.2) is 0 Å². The summed E-state index contributed by atoms with van der Waals surface area (Å²) < 4.78 is 10.3. The van der Waals surface area contributed by atoms with Gasteiger partial charge in [-0.1, -0.05) is 0 Å². The van der Waals surface area contributed by atoms with E-state index >= 15 is 0 Å². The molecule has 0 saturated carbocycles. The van der Waals surface area contributed by atoms with E-state index in [-0.39, 0.29) is 0 Å². The van der Waals surface area contributed by atoms with Gasteiger partial charge in [0.25, 0.3) is 0 Å². The first kappa shape index (κ1) is 8.14. The molecule has 0 spiro atoms. The van der Waals surface area contributed by atoms with Crippen molar-refractivity contribution in [1.82, 2.24) is 0 Å². The van der Waals surface area contributed by atoms with E-state index in [1.54, 1.807) is 7.11 Å². The van der Waals surface area contributed by atoms with Gasteiger partial charge >= 0.3 is 0 Å². The van der Waals surface area contributed by atoms with Crippen molar-refractivity contribution in [2.45, 2.75) is 20.1 Å². The summed E-state index contributed by atoms with van der Waals surface area (Å²) in [5, 5.41) is 0. The highest BCUT2D eigenvalue weighted by molar-refractivity contribution is 5.26. The number of methoxy groups -OCH3 is 1. The third kappa shape index (κ3) is 1.54. The molecule has 0 radical (unpaired) electrons. The molecule has 0 fully saturated rings. The lowest BCUT2D eigenvalue weighted by molar-refractivity contribution is 0.0866. The number of hydrogen-bond acceptors (Lipinski definition) is 3. The summed E-state index contributed by atoms with van der Waals surface area (Å²) in [6.07, 6.45) is 1.45. The zero-order chi connectivity index (χ0) is 8.43. The molecule has 0 aliphatic carbocycles. The van der Waals surface area contributed by atoms with Crippen LogP contribution in [0.15, 0.2) is 23.2 Å². The molecular formula is C8H13NO2. The Bertz CT molecular complexity index is 218. The second kappa shape index (κ2) is 2.96. The molecule has 0 amide bonds. The maximum atomic E-state index is 5.59. The van der Waals surface area contributed by atoms with Gasteiger partial charge in [-0.05, 0) is 25.5 Å². The highest BCUT2D eigenvalue weighted by Gasteiger charge is 2.16. The van der Waals surface area contributed by atoms with Crippen molar-refractivity contribution in [3.8, 4) is 0 Å². The number of nitrogens with two attached hydrogens (primary N) is 1. The monoisotopic (exact) mass is 155 g/mol. The summed E-state index contributed by atoms with van der Waals surface area (Å²) in [5.74, 6) is 1.53. The molecule has 0 aromatic heterocycles. The lowest BCUT2D eigenvalue weighted by Crippen LogP contribution is -2.29. The van der Waals surface area contributed by atoms with E-state index in [0.717, 1.165) is 11.3 Å². The first-order valence-electron chi connectivity index (χ1n) is 3.50. The fourth-order valence-corrected chi connectivity index (χ4v) is 0.914. The van der Waals surface area contributed by atoms with Crippen molar-refractivity contribution < 1.29 is 9.47 Å². The molecule has 1 aliphatic heterocycles. The van der Waals surface area contributed by atoms with Gasteiger partial charge in [-0.2, -0.15) is 0 Å². The number of ether oxygens (including phenoxy) is 2. The Balaban J connectivity index is 2.87. The third-order valence-electron chi connectivity index (χ3n) is 1.73. The fourth-order valence-electron chi connectivity index (χ4n) is 0.914. The van der Waals surface area contributed by atoms with E-state index < -0.39 is 6.23 Å². The molecule has 11 heavy (non-hydrogen) atoms. The smallest absolute Gasteiger partial charge is 0.205 e. The van der Waals surface area contributed by atoms with Crippen LogP contribution in [0.2, 0.25) is 0 Å². The lowest BCUT2D eigenvalue weighted by Gasteiger charge is -2.22. The van der Waals surface area contributed by atoms with Crippen LogP contribution in [-0.4, -0.2) is 13.3 Å². The Kier molecular flexibility index (Phi) is 2.19. The molecule has 1 rings (SSSR count). The van der Waals surface area contributed by atoms with E-state index in [9.17, 15) is 0 Å². The predicted molar refractivity (Wildman–Crippen MR) is 42.5 cm³/mol. The molecule has 1 heterocycles. The molecule has 1 unspecified atom stereocenters. The van der Waals surface area contributed by atoms with Gasteiger partial charge in [0, 0.05) is 0 Å². The van der Waals surface area contributed by atoms with Crippen LogP contribution >= 0.6 is 0 Å². The minimum absolute atomic E-state index is 0.441. The maximum absolute atomic E-state index is 5.59. The molecular weight excluding hydrogens is 142 g/mol. The SMILES string of the molecule is COC1=CC(C)=C(C)OC1N. The largest absolute Gasteiger partial charge is 0.496 e. The summed E-state index contributed by atoms with van der Waals surface area (Å²) in [4.78, 5) is 0. The van der Waals surface area contributed by atoms with E-state index in [4.69, 9.17) is 15.2 Å². The zero-order valence-corrected chi connectivity index (χ0v) is 7.05. The minimum atomic E-state index is -0.441. The molecule has 2 N–H and O–H groups in total. The Morgan fingerprint density at radius 1 is 1.55 bits per heavy atom. The van der Waals surface area contributed by atoms with Crippen LogP contribution < -0.4 is 5.73 Å². The van der Waals surface area contributed by atoms with Crippen LogP contribution in [0.4, 0.5) is 0 Å². The van der Waals surface area contributed by atoms with Crippen LogP contribution in [0.5, 0.6) is 0 Å². The first-order chi connectivity index (χ1) is 5.15. The van der Waals surface area contributed by atoms with E-state index in [2.05, 4.69) is 0 Å². The Labute approximate surface area is 66.5 Å². The Morgan fingerprint density at radius 3 is 2.73 bits per heavy atom. The normalized spacial score (nSPS) is 24.4. The van der Waals surface area contributed by atoms with Gasteiger partial charge in [-0.15, -0.1) is 0 Å². The van der Waals surface area contributed by atoms with Crippen LogP contribution in [-0.2, 0) is 9.47 Å². The predicted octanol–water partition coefficient (Wildman–Crippen LogP) is 1.13. The Hall–Kier alpha value is -0.960. The fraction of sp³-hybridized carbons (Fsp3) is 0.500. The molecule has 0 aromatic rings. The van der Waals surface area contributed by atoms with Crippen molar-refractivity contribution in [2.75, 3.05) is 7.11 Å². The molecule has 3 nitrogen and oxygen atoms in total. The molecule has 0 saturated heterocycles. The molecule has 3 heteroatoms. The van der Waals surface area contributed by atoms with Crippen LogP contribution in [0.3, 0.4) is 0 Å². The third-order valence-corrected chi connectivity index (χ3v) is 1.73. The van der Waals surface area contributed by atoms with Gasteiger partial charge in [0.15, 0.2) is 5.76 Å². The summed E-state index contributed by atoms with van der Waals surface area (Å²) in [6.45, 7) is 3.85. The van der Waals surface area contributed by atoms with Crippen molar-refractivity contribution in [1.29, 1.82) is 0 Å². The second-order valence-corrected chi connectivity index (χ2v) is 2.53. The Morgan fingerprint density at radius 2 is 2.18 bits per heavy atom. The molecule has 1 aliphatic rings. The van der Waals surface area contributed by atoms with Crippen molar-refractivity contribution >= 4 is 0 Å². The standard InChI is InChI=1S/C8H13NO2/c1-5-4-7(10-3)8(9)11-6(5)2/h4,8H,9H2,1-3H3. The second-order valence-electron chi connectivity index (χ2n) is 2.53. The quantitative estimate of drug-likeness (QED) is 0.617. The lowest BCUT2D eigenvalue weighted by atomic mass is 10.2. The zero-order valence-electron chi connectivity index (χ0n) is 7.05. The summed E-state index contributed by atoms with van der Waals surface area (Å²) in [6, 6.07) is 0. The molecule has 62 valence electrons. The van der Waals surface area contributed by atoms with Crippen molar-refractivity contribution in [3.63, 3.8) is 0 Å². The van der Waals surface area contributed by atoms with Gasteiger partial charge in [0.1, 0.15) is 0 Å². The van der Waals surface area contributed by atoms with Crippen LogP contribution in [0.25, 0.3) is 0 Å². The van der Waals surface area contributed by atoms with Gasteiger partial charge < -0.3 is 9.47 Å². The molecule has 1 atom stereocenters. The maximum Gasteiger partial charge on any atom is 0.205 e. The van der Waals surface area contributed by atoms with E-state index in [0.29, 0.717) is 5.76 Å². The average molecular weight is 155 g/mol. The number of allylic oxidation sites excluding steroid dienone is 3. The summed E-state index contributed by atoms with van der Waals surface area (Å²) >= 11 is 0. The van der Waals surface area contributed by atoms with Crippen LogP contribution in [0.1, 0.15) is 13.8 Å². The topological polar surface area (TPSA) is 44.5 Å². The van der Waals surface area contributed by atoms with Crippen molar-refractivity contribution in [2.24, 2.45) is 5.73 Å². The first-order valence-corrected chi connectivity index (χ1v) is 3.50. The van der Waals surface area contributed by atoms with E-state index in [1.165, 1.54) is 0 Å². The highest BCUT2D eigenvalue weighted by Crippen LogP contribution is 2.19. The van der Waals surface area contributed by atoms with Gasteiger partial charge in [0.2, 0.25) is 6.23 Å². The van der Waals surface area contributed by atoms with Gasteiger partial charge in [-0.3, -0.25) is 5.73 Å². The molecule has 0 aromatic carbocycles. The summed E-state index contributed by atoms with van der Waals surface area (Å²) in [5.41, 5.74) is 6.65. The van der Waals surface area contributed by atoms with E-state index in [1.807, 2.05) is 19.9 Å². The minimum Gasteiger partial charge on any atom is -0.496 e. The van der Waals surface area contributed by atoms with Gasteiger partial charge in [0.05, 0.1) is 12.9 Å². The average Bonchev–Trinajstić information content (AvgIpc) is 1.97. The molecule has 0 bridgehead atoms. The highest BCUT2D eigenvalue weighted by atomic mass is 16.5. The van der Waals surface area contributed by atoms with Crippen LogP contribution in [0, 0.1) is 0 Å². The van der Waals surface area contributed by atoms with Crippen molar-refractivity contribution in [3.05, 3.63) is 23.2 Å².